The minimum Gasteiger partial charge on any atom is -0.424 e. The van der Waals surface area contributed by atoms with Gasteiger partial charge in [-0.3, -0.25) is 4.57 Å². The molecule has 0 radical (unpaired) electrons. The van der Waals surface area contributed by atoms with Gasteiger partial charge in [0.1, 0.15) is 5.75 Å². The molecule has 0 fully saturated rings. The molecule has 0 saturated heterocycles. The third kappa shape index (κ3) is 4.51. The first kappa shape index (κ1) is 17.4. The van der Waals surface area contributed by atoms with Crippen LogP contribution in [0.5, 0.6) is 11.8 Å². The van der Waals surface area contributed by atoms with Crippen LogP contribution in [-0.4, -0.2) is 25.5 Å². The average molecular weight is 320 g/mol. The fraction of sp³-hybridized carbons (Fsp3) is 0.500. The minimum atomic E-state index is -1.03. The molecule has 126 valence electrons. The van der Waals surface area contributed by atoms with E-state index in [0.717, 1.165) is 0 Å². The van der Waals surface area contributed by atoms with E-state index in [1.54, 1.807) is 35.9 Å². The highest BCUT2D eigenvalue weighted by Gasteiger charge is 2.19. The Morgan fingerprint density at radius 1 is 1.26 bits per heavy atom. The molecule has 1 unspecified atom stereocenters. The summed E-state index contributed by atoms with van der Waals surface area (Å²) in [5.74, 6) is 1.16. The number of nitrogens with two attached hydrogens (primary N) is 1. The molecule has 0 amide bonds. The summed E-state index contributed by atoms with van der Waals surface area (Å²) in [5.41, 5.74) is 5.97. The van der Waals surface area contributed by atoms with Crippen LogP contribution >= 0.6 is 0 Å². The Balaban J connectivity index is 2.17. The molecule has 7 nitrogen and oxygen atoms in total. The van der Waals surface area contributed by atoms with Gasteiger partial charge in [0.2, 0.25) is 0 Å². The van der Waals surface area contributed by atoms with Crippen LogP contribution in [0, 0.1) is 0 Å². The summed E-state index contributed by atoms with van der Waals surface area (Å²) in [5, 5.41) is 18.1. The van der Waals surface area contributed by atoms with Gasteiger partial charge in [0, 0.05) is 12.6 Å². The molecule has 1 heterocycles. The second kappa shape index (κ2) is 6.66. The van der Waals surface area contributed by atoms with Crippen molar-refractivity contribution in [2.24, 2.45) is 12.8 Å². The Hall–Kier alpha value is -1.96. The number of nitrogens with zero attached hydrogens (tertiary/aromatic N) is 3. The van der Waals surface area contributed by atoms with Gasteiger partial charge in [0.05, 0.1) is 11.6 Å². The van der Waals surface area contributed by atoms with E-state index in [-0.39, 0.29) is 6.04 Å². The van der Waals surface area contributed by atoms with E-state index in [4.69, 9.17) is 15.2 Å². The van der Waals surface area contributed by atoms with Crippen molar-refractivity contribution >= 4 is 0 Å². The van der Waals surface area contributed by atoms with Crippen molar-refractivity contribution in [3.63, 3.8) is 0 Å². The lowest BCUT2D eigenvalue weighted by molar-refractivity contribution is -0.169. The summed E-state index contributed by atoms with van der Waals surface area (Å²) in [4.78, 5) is 0. The molecule has 2 rings (SSSR count). The number of rotatable bonds is 5. The van der Waals surface area contributed by atoms with Crippen molar-refractivity contribution in [1.29, 1.82) is 0 Å². The van der Waals surface area contributed by atoms with Crippen molar-refractivity contribution < 1.29 is 14.6 Å². The number of aromatic nitrogens is 3. The third-order valence-electron chi connectivity index (χ3n) is 3.09. The van der Waals surface area contributed by atoms with E-state index < -0.39 is 11.9 Å². The maximum atomic E-state index is 10.2. The molecule has 23 heavy (non-hydrogen) atoms. The zero-order valence-electron chi connectivity index (χ0n) is 14.1. The van der Waals surface area contributed by atoms with Gasteiger partial charge in [-0.25, -0.2) is 0 Å². The van der Waals surface area contributed by atoms with E-state index in [1.807, 2.05) is 27.7 Å². The SMILES string of the molecule is C[C@@H](N)c1nnc(Oc2cccc(C(O)OC(C)(C)C)c2)n1C. The minimum absolute atomic E-state index is 0.238. The summed E-state index contributed by atoms with van der Waals surface area (Å²) in [7, 11) is 1.79. The molecular weight excluding hydrogens is 296 g/mol. The van der Waals surface area contributed by atoms with Crippen molar-refractivity contribution in [2.45, 2.75) is 45.6 Å². The Morgan fingerprint density at radius 3 is 2.52 bits per heavy atom. The summed E-state index contributed by atoms with van der Waals surface area (Å²) in [6.07, 6.45) is -1.03. The van der Waals surface area contributed by atoms with Gasteiger partial charge in [-0.1, -0.05) is 17.2 Å². The second-order valence-electron chi connectivity index (χ2n) is 6.45. The van der Waals surface area contributed by atoms with Crippen molar-refractivity contribution in [3.8, 4) is 11.8 Å². The van der Waals surface area contributed by atoms with Gasteiger partial charge in [-0.15, -0.1) is 5.10 Å². The van der Waals surface area contributed by atoms with Crippen molar-refractivity contribution in [1.82, 2.24) is 14.8 Å². The molecular formula is C16H24N4O3. The summed E-state index contributed by atoms with van der Waals surface area (Å²) in [6.45, 7) is 7.47. The zero-order chi connectivity index (χ0) is 17.2. The van der Waals surface area contributed by atoms with E-state index in [1.165, 1.54) is 0 Å². The first-order valence-electron chi connectivity index (χ1n) is 7.46. The first-order chi connectivity index (χ1) is 10.7. The lowest BCUT2D eigenvalue weighted by Crippen LogP contribution is -2.22. The standard InChI is InChI=1S/C16H24N4O3/c1-10(17)13-18-19-15(20(13)5)22-12-8-6-7-11(9-12)14(21)23-16(2,3)4/h6-10,14,21H,17H2,1-5H3/t10-,14?/m1/s1. The number of aliphatic hydroxyl groups excluding tert-OH is 1. The summed E-state index contributed by atoms with van der Waals surface area (Å²) in [6, 6.07) is 7.12. The molecule has 3 N–H and O–H groups in total. The largest absolute Gasteiger partial charge is 0.424 e. The van der Waals surface area contributed by atoms with Crippen molar-refractivity contribution in [3.05, 3.63) is 35.7 Å². The lowest BCUT2D eigenvalue weighted by atomic mass is 10.1. The maximum Gasteiger partial charge on any atom is 0.322 e. The van der Waals surface area contributed by atoms with Crippen LogP contribution in [0.1, 0.15) is 51.4 Å². The predicted molar refractivity (Wildman–Crippen MR) is 85.9 cm³/mol. The molecule has 7 heteroatoms. The number of ether oxygens (including phenoxy) is 2. The number of hydrogen-bond donors (Lipinski definition) is 2. The van der Waals surface area contributed by atoms with Gasteiger partial charge in [0.15, 0.2) is 12.1 Å². The van der Waals surface area contributed by atoms with Crippen molar-refractivity contribution in [2.75, 3.05) is 0 Å². The summed E-state index contributed by atoms with van der Waals surface area (Å²) < 4.78 is 13.0. The predicted octanol–water partition coefficient (Wildman–Crippen LogP) is 2.43. The molecule has 2 aromatic rings. The molecule has 2 atom stereocenters. The monoisotopic (exact) mass is 320 g/mol. The van der Waals surface area contributed by atoms with Crippen LogP contribution < -0.4 is 10.5 Å². The van der Waals surface area contributed by atoms with Gasteiger partial charge < -0.3 is 20.3 Å². The van der Waals surface area contributed by atoms with E-state index in [0.29, 0.717) is 23.1 Å². The van der Waals surface area contributed by atoms with Crippen LogP contribution in [0.4, 0.5) is 0 Å². The normalized spacial score (nSPS) is 14.6. The molecule has 1 aromatic carbocycles. The molecule has 0 saturated carbocycles. The molecule has 0 spiro atoms. The molecule has 0 aliphatic rings. The number of hydrogen-bond acceptors (Lipinski definition) is 6. The highest BCUT2D eigenvalue weighted by molar-refractivity contribution is 5.31. The Kier molecular flexibility index (Phi) is 5.03. The van der Waals surface area contributed by atoms with Crippen LogP contribution in [0.25, 0.3) is 0 Å². The van der Waals surface area contributed by atoms with Gasteiger partial charge >= 0.3 is 6.01 Å². The maximum absolute atomic E-state index is 10.2. The Morgan fingerprint density at radius 2 is 1.96 bits per heavy atom. The Labute approximate surface area is 136 Å². The fourth-order valence-corrected chi connectivity index (χ4v) is 2.05. The number of benzene rings is 1. The van der Waals surface area contributed by atoms with E-state index >= 15 is 0 Å². The van der Waals surface area contributed by atoms with Gasteiger partial charge in [-0.2, -0.15) is 0 Å². The van der Waals surface area contributed by atoms with E-state index in [2.05, 4.69) is 10.2 Å². The summed E-state index contributed by atoms with van der Waals surface area (Å²) >= 11 is 0. The van der Waals surface area contributed by atoms with Crippen LogP contribution in [-0.2, 0) is 11.8 Å². The molecule has 1 aromatic heterocycles. The van der Waals surface area contributed by atoms with Crippen LogP contribution in [0.2, 0.25) is 0 Å². The highest BCUT2D eigenvalue weighted by Crippen LogP contribution is 2.27. The second-order valence-corrected chi connectivity index (χ2v) is 6.45. The molecule has 0 aliphatic carbocycles. The molecule has 0 aliphatic heterocycles. The highest BCUT2D eigenvalue weighted by atomic mass is 16.6. The van der Waals surface area contributed by atoms with Gasteiger partial charge in [-0.05, 0) is 39.8 Å². The topological polar surface area (TPSA) is 95.4 Å². The average Bonchev–Trinajstić information content (AvgIpc) is 2.79. The first-order valence-corrected chi connectivity index (χ1v) is 7.46. The smallest absolute Gasteiger partial charge is 0.322 e. The van der Waals surface area contributed by atoms with Gasteiger partial charge in [0.25, 0.3) is 0 Å². The third-order valence-corrected chi connectivity index (χ3v) is 3.09. The van der Waals surface area contributed by atoms with Crippen LogP contribution in [0.3, 0.4) is 0 Å². The zero-order valence-corrected chi connectivity index (χ0v) is 14.1. The quantitative estimate of drug-likeness (QED) is 0.822. The van der Waals surface area contributed by atoms with E-state index in [9.17, 15) is 5.11 Å². The molecule has 0 bridgehead atoms. The lowest BCUT2D eigenvalue weighted by Gasteiger charge is -2.24. The Bertz CT molecular complexity index is 662. The number of aliphatic hydroxyl groups is 1. The van der Waals surface area contributed by atoms with Crippen LogP contribution in [0.15, 0.2) is 24.3 Å². The fourth-order valence-electron chi connectivity index (χ4n) is 2.05.